The predicted molar refractivity (Wildman–Crippen MR) is 93.0 cm³/mol. The highest BCUT2D eigenvalue weighted by molar-refractivity contribution is 6.30. The molecule has 0 atom stereocenters. The fourth-order valence-electron chi connectivity index (χ4n) is 1.99. The molecular weight excluding hydrogens is 328 g/mol. The molecule has 2 N–H and O–H groups in total. The van der Waals surface area contributed by atoms with Crippen LogP contribution in [0.15, 0.2) is 48.5 Å². The maximum atomic E-state index is 12.0. The molecule has 2 aromatic rings. The van der Waals surface area contributed by atoms with Crippen molar-refractivity contribution in [2.75, 3.05) is 0 Å². The monoisotopic (exact) mass is 346 g/mol. The maximum absolute atomic E-state index is 12.0. The van der Waals surface area contributed by atoms with Crippen LogP contribution in [0.5, 0.6) is 5.75 Å². The molecule has 0 aromatic heterocycles. The molecule has 5 nitrogen and oxygen atoms in total. The largest absolute Gasteiger partial charge is 0.491 e. The molecule has 0 radical (unpaired) electrons. The highest BCUT2D eigenvalue weighted by atomic mass is 35.5. The van der Waals surface area contributed by atoms with Crippen LogP contribution in [0, 0.1) is 0 Å². The number of amides is 2. The van der Waals surface area contributed by atoms with Crippen LogP contribution in [0.25, 0.3) is 0 Å². The summed E-state index contributed by atoms with van der Waals surface area (Å²) in [6, 6.07) is 13.6. The van der Waals surface area contributed by atoms with Crippen LogP contribution in [-0.2, 0) is 11.2 Å². The minimum atomic E-state index is -0.393. The van der Waals surface area contributed by atoms with Crippen molar-refractivity contribution in [1.82, 2.24) is 10.9 Å². The van der Waals surface area contributed by atoms with Crippen LogP contribution in [0.3, 0.4) is 0 Å². The summed E-state index contributed by atoms with van der Waals surface area (Å²) in [5.74, 6) is -0.0192. The molecule has 0 aliphatic carbocycles. The molecule has 0 saturated heterocycles. The number of hydrogen-bond donors (Lipinski definition) is 2. The fraction of sp³-hybridized carbons (Fsp3) is 0.222. The zero-order valence-corrected chi connectivity index (χ0v) is 14.3. The Morgan fingerprint density at radius 3 is 2.21 bits per heavy atom. The number of hydrogen-bond acceptors (Lipinski definition) is 3. The normalized spacial score (nSPS) is 10.3. The number of ether oxygens (including phenoxy) is 1. The summed E-state index contributed by atoms with van der Waals surface area (Å²) in [5.41, 5.74) is 6.01. The van der Waals surface area contributed by atoms with Gasteiger partial charge in [-0.15, -0.1) is 0 Å². The van der Waals surface area contributed by atoms with E-state index in [1.807, 2.05) is 13.8 Å². The molecule has 126 valence electrons. The van der Waals surface area contributed by atoms with E-state index in [4.69, 9.17) is 16.3 Å². The van der Waals surface area contributed by atoms with Crippen molar-refractivity contribution in [2.45, 2.75) is 26.4 Å². The summed E-state index contributed by atoms with van der Waals surface area (Å²) in [6.07, 6.45) is 0.218. The first-order valence-corrected chi connectivity index (χ1v) is 7.92. The first-order valence-electron chi connectivity index (χ1n) is 7.54. The Kier molecular flexibility index (Phi) is 6.21. The maximum Gasteiger partial charge on any atom is 0.269 e. The second kappa shape index (κ2) is 8.36. The number of halogens is 1. The molecule has 2 rings (SSSR count). The van der Waals surface area contributed by atoms with E-state index in [2.05, 4.69) is 10.9 Å². The van der Waals surface area contributed by atoms with Gasteiger partial charge in [0.05, 0.1) is 12.5 Å². The molecule has 0 saturated carbocycles. The van der Waals surface area contributed by atoms with Gasteiger partial charge in [0.15, 0.2) is 0 Å². The lowest BCUT2D eigenvalue weighted by Crippen LogP contribution is -2.42. The van der Waals surface area contributed by atoms with Gasteiger partial charge in [0.1, 0.15) is 5.75 Å². The highest BCUT2D eigenvalue weighted by Gasteiger charge is 2.08. The summed E-state index contributed by atoms with van der Waals surface area (Å²) in [5, 5.41) is 0.609. The quantitative estimate of drug-likeness (QED) is 0.817. The Hall–Kier alpha value is -2.53. The highest BCUT2D eigenvalue weighted by Crippen LogP contribution is 2.13. The van der Waals surface area contributed by atoms with Crippen molar-refractivity contribution in [1.29, 1.82) is 0 Å². The van der Waals surface area contributed by atoms with Crippen molar-refractivity contribution >= 4 is 23.4 Å². The lowest BCUT2D eigenvalue weighted by molar-refractivity contribution is -0.121. The van der Waals surface area contributed by atoms with Gasteiger partial charge >= 0.3 is 0 Å². The van der Waals surface area contributed by atoms with E-state index in [-0.39, 0.29) is 18.4 Å². The van der Waals surface area contributed by atoms with Crippen LogP contribution >= 0.6 is 11.6 Å². The SMILES string of the molecule is CC(C)Oc1ccc(C(=O)NNC(=O)Cc2ccc(Cl)cc2)cc1. The van der Waals surface area contributed by atoms with Crippen LogP contribution in [0.2, 0.25) is 5.02 Å². The minimum absolute atomic E-state index is 0.0665. The smallest absolute Gasteiger partial charge is 0.269 e. The van der Waals surface area contributed by atoms with Crippen molar-refractivity contribution < 1.29 is 14.3 Å². The van der Waals surface area contributed by atoms with Crippen LogP contribution in [0.1, 0.15) is 29.8 Å². The molecule has 6 heteroatoms. The first-order chi connectivity index (χ1) is 11.4. The van der Waals surface area contributed by atoms with Gasteiger partial charge in [0.2, 0.25) is 5.91 Å². The van der Waals surface area contributed by atoms with Crippen LogP contribution in [-0.4, -0.2) is 17.9 Å². The van der Waals surface area contributed by atoms with E-state index in [1.54, 1.807) is 48.5 Å². The summed E-state index contributed by atoms with van der Waals surface area (Å²) in [4.78, 5) is 23.8. The van der Waals surface area contributed by atoms with E-state index in [9.17, 15) is 9.59 Å². The van der Waals surface area contributed by atoms with Gasteiger partial charge in [-0.05, 0) is 55.8 Å². The number of benzene rings is 2. The van der Waals surface area contributed by atoms with Crippen molar-refractivity contribution in [2.24, 2.45) is 0 Å². The zero-order valence-electron chi connectivity index (χ0n) is 13.5. The Balaban J connectivity index is 1.83. The second-order valence-corrected chi connectivity index (χ2v) is 5.93. The van der Waals surface area contributed by atoms with Gasteiger partial charge in [-0.3, -0.25) is 20.4 Å². The summed E-state index contributed by atoms with van der Waals surface area (Å²) < 4.78 is 5.51. The number of hydrazine groups is 1. The molecule has 2 amide bonds. The fourth-order valence-corrected chi connectivity index (χ4v) is 2.11. The predicted octanol–water partition coefficient (Wildman–Crippen LogP) is 3.13. The van der Waals surface area contributed by atoms with Gasteiger partial charge in [-0.1, -0.05) is 23.7 Å². The molecule has 0 aliphatic heterocycles. The van der Waals surface area contributed by atoms with E-state index in [1.165, 1.54) is 0 Å². The standard InChI is InChI=1S/C18H19ClN2O3/c1-12(2)24-16-9-5-14(6-10-16)18(23)21-20-17(22)11-13-3-7-15(19)8-4-13/h3-10,12H,11H2,1-2H3,(H,20,22)(H,21,23). The van der Waals surface area contributed by atoms with Crippen molar-refractivity contribution in [3.8, 4) is 5.75 Å². The third-order valence-corrected chi connectivity index (χ3v) is 3.33. The number of carbonyl (C=O) groups is 2. The van der Waals surface area contributed by atoms with Crippen molar-refractivity contribution in [3.63, 3.8) is 0 Å². The van der Waals surface area contributed by atoms with Crippen LogP contribution in [0.4, 0.5) is 0 Å². The molecule has 0 bridgehead atoms. The Bertz CT molecular complexity index is 697. The van der Waals surface area contributed by atoms with Gasteiger partial charge in [0, 0.05) is 10.6 Å². The molecular formula is C18H19ClN2O3. The van der Waals surface area contributed by atoms with E-state index >= 15 is 0 Å². The minimum Gasteiger partial charge on any atom is -0.491 e. The summed E-state index contributed by atoms with van der Waals surface area (Å²) >= 11 is 5.79. The lowest BCUT2D eigenvalue weighted by Gasteiger charge is -2.10. The lowest BCUT2D eigenvalue weighted by atomic mass is 10.1. The van der Waals surface area contributed by atoms with Gasteiger partial charge in [0.25, 0.3) is 5.91 Å². The van der Waals surface area contributed by atoms with E-state index in [0.29, 0.717) is 16.3 Å². The third-order valence-electron chi connectivity index (χ3n) is 3.08. The molecule has 0 heterocycles. The van der Waals surface area contributed by atoms with Gasteiger partial charge in [-0.25, -0.2) is 0 Å². The molecule has 0 fully saturated rings. The topological polar surface area (TPSA) is 67.4 Å². The van der Waals surface area contributed by atoms with Gasteiger partial charge in [-0.2, -0.15) is 0 Å². The first kappa shape index (κ1) is 17.8. The van der Waals surface area contributed by atoms with E-state index in [0.717, 1.165) is 5.56 Å². The second-order valence-electron chi connectivity index (χ2n) is 5.50. The Labute approximate surface area is 145 Å². The van der Waals surface area contributed by atoms with Gasteiger partial charge < -0.3 is 4.74 Å². The zero-order chi connectivity index (χ0) is 17.5. The van der Waals surface area contributed by atoms with Crippen molar-refractivity contribution in [3.05, 3.63) is 64.7 Å². The molecule has 24 heavy (non-hydrogen) atoms. The number of carbonyl (C=O) groups excluding carboxylic acids is 2. The van der Waals surface area contributed by atoms with E-state index < -0.39 is 5.91 Å². The average Bonchev–Trinajstić information content (AvgIpc) is 2.55. The number of nitrogens with one attached hydrogen (secondary N) is 2. The summed E-state index contributed by atoms with van der Waals surface area (Å²) in [6.45, 7) is 3.85. The number of rotatable bonds is 5. The molecule has 0 spiro atoms. The Morgan fingerprint density at radius 2 is 1.62 bits per heavy atom. The van der Waals surface area contributed by atoms with Crippen LogP contribution < -0.4 is 15.6 Å². The molecule has 2 aromatic carbocycles. The Morgan fingerprint density at radius 1 is 1.00 bits per heavy atom. The summed E-state index contributed by atoms with van der Waals surface area (Å²) in [7, 11) is 0. The molecule has 0 unspecified atom stereocenters. The third kappa shape index (κ3) is 5.59. The molecule has 0 aliphatic rings. The average molecular weight is 347 g/mol.